The van der Waals surface area contributed by atoms with Crippen molar-refractivity contribution in [3.8, 4) is 17.0 Å². The summed E-state index contributed by atoms with van der Waals surface area (Å²) in [5.74, 6) is 0.637. The van der Waals surface area contributed by atoms with Crippen LogP contribution in [0.25, 0.3) is 11.3 Å². The van der Waals surface area contributed by atoms with Crippen molar-refractivity contribution >= 4 is 11.4 Å². The molecule has 0 fully saturated rings. The van der Waals surface area contributed by atoms with Crippen molar-refractivity contribution in [2.24, 2.45) is 10.2 Å². The number of hydrogen-bond acceptors (Lipinski definition) is 5. The molecule has 1 aromatic carbocycles. The fourth-order valence-electron chi connectivity index (χ4n) is 2.01. The molecular formula is C15H13N5O2. The van der Waals surface area contributed by atoms with Crippen LogP contribution < -0.4 is 10.3 Å². The first-order valence-electron chi connectivity index (χ1n) is 6.55. The van der Waals surface area contributed by atoms with Crippen LogP contribution in [0.5, 0.6) is 5.75 Å². The molecule has 3 rings (SSSR count). The minimum atomic E-state index is -0.348. The highest BCUT2D eigenvalue weighted by Crippen LogP contribution is 2.33. The van der Waals surface area contributed by atoms with E-state index in [0.717, 1.165) is 5.56 Å². The van der Waals surface area contributed by atoms with E-state index in [4.69, 9.17) is 4.74 Å². The predicted octanol–water partition coefficient (Wildman–Crippen LogP) is 3.19. The normalized spacial score (nSPS) is 11.0. The van der Waals surface area contributed by atoms with Gasteiger partial charge in [-0.2, -0.15) is 5.11 Å². The molecule has 0 bridgehead atoms. The topological polar surface area (TPSA) is 95.5 Å². The van der Waals surface area contributed by atoms with Gasteiger partial charge in [-0.3, -0.25) is 20.0 Å². The first-order chi connectivity index (χ1) is 10.8. The first kappa shape index (κ1) is 13.7. The summed E-state index contributed by atoms with van der Waals surface area (Å²) in [6.07, 6.45) is 3.22. The number of pyridine rings is 1. The van der Waals surface area contributed by atoms with Crippen LogP contribution in [0.4, 0.5) is 11.4 Å². The Morgan fingerprint density at radius 2 is 1.82 bits per heavy atom. The Labute approximate surface area is 125 Å². The van der Waals surface area contributed by atoms with E-state index in [1.165, 1.54) is 0 Å². The summed E-state index contributed by atoms with van der Waals surface area (Å²) in [6.45, 7) is 0. The van der Waals surface area contributed by atoms with Gasteiger partial charge in [0.05, 0.1) is 18.5 Å². The number of ether oxygens (including phenoxy) is 1. The molecule has 0 atom stereocenters. The van der Waals surface area contributed by atoms with Gasteiger partial charge in [0, 0.05) is 18.0 Å². The predicted molar refractivity (Wildman–Crippen MR) is 81.8 cm³/mol. The van der Waals surface area contributed by atoms with Gasteiger partial charge in [0.15, 0.2) is 5.69 Å². The zero-order valence-electron chi connectivity index (χ0n) is 11.8. The summed E-state index contributed by atoms with van der Waals surface area (Å²) in [5, 5.41) is 13.4. The molecule has 110 valence electrons. The second kappa shape index (κ2) is 6.04. The van der Waals surface area contributed by atoms with Crippen molar-refractivity contribution in [2.45, 2.75) is 0 Å². The highest BCUT2D eigenvalue weighted by molar-refractivity contribution is 5.76. The Hall–Kier alpha value is -3.22. The smallest absolute Gasteiger partial charge is 0.292 e. The molecule has 2 heterocycles. The third-order valence-electron chi connectivity index (χ3n) is 3.06. The van der Waals surface area contributed by atoms with Crippen molar-refractivity contribution in [2.75, 3.05) is 7.11 Å². The summed E-state index contributed by atoms with van der Waals surface area (Å²) in [6, 6.07) is 10.8. The molecule has 0 amide bonds. The lowest BCUT2D eigenvalue weighted by Crippen LogP contribution is -1.96. The molecule has 0 saturated carbocycles. The van der Waals surface area contributed by atoms with Crippen LogP contribution >= 0.6 is 0 Å². The molecular weight excluding hydrogens is 282 g/mol. The number of rotatable bonds is 4. The lowest BCUT2D eigenvalue weighted by Gasteiger charge is -2.06. The van der Waals surface area contributed by atoms with Crippen molar-refractivity contribution in [3.05, 3.63) is 59.1 Å². The number of para-hydroxylation sites is 1. The van der Waals surface area contributed by atoms with Crippen molar-refractivity contribution < 1.29 is 4.74 Å². The number of nitrogens with one attached hydrogen (secondary N) is 2. The van der Waals surface area contributed by atoms with Gasteiger partial charge >= 0.3 is 0 Å². The highest BCUT2D eigenvalue weighted by atomic mass is 16.5. The third-order valence-corrected chi connectivity index (χ3v) is 3.06. The van der Waals surface area contributed by atoms with E-state index in [1.807, 2.05) is 24.3 Å². The fourth-order valence-corrected chi connectivity index (χ4v) is 2.01. The third kappa shape index (κ3) is 2.64. The Morgan fingerprint density at radius 1 is 1.05 bits per heavy atom. The summed E-state index contributed by atoms with van der Waals surface area (Å²) in [7, 11) is 1.57. The molecule has 0 saturated heterocycles. The van der Waals surface area contributed by atoms with Crippen LogP contribution in [0.1, 0.15) is 0 Å². The second-order valence-corrected chi connectivity index (χ2v) is 4.41. The Morgan fingerprint density at radius 3 is 2.59 bits per heavy atom. The molecule has 0 radical (unpaired) electrons. The van der Waals surface area contributed by atoms with Gasteiger partial charge in [-0.15, -0.1) is 5.11 Å². The Bertz CT molecular complexity index is 852. The van der Waals surface area contributed by atoms with Crippen molar-refractivity contribution in [3.63, 3.8) is 0 Å². The van der Waals surface area contributed by atoms with E-state index in [0.29, 0.717) is 17.1 Å². The van der Waals surface area contributed by atoms with Crippen LogP contribution in [0, 0.1) is 0 Å². The lowest BCUT2D eigenvalue weighted by molar-refractivity contribution is 0.416. The van der Waals surface area contributed by atoms with E-state index >= 15 is 0 Å². The molecule has 0 aliphatic rings. The van der Waals surface area contributed by atoms with Crippen LogP contribution in [0.15, 0.2) is 63.8 Å². The molecule has 7 heteroatoms. The largest absolute Gasteiger partial charge is 0.496 e. The maximum absolute atomic E-state index is 11.9. The molecule has 0 unspecified atom stereocenters. The van der Waals surface area contributed by atoms with Gasteiger partial charge in [-0.05, 0) is 24.3 Å². The summed E-state index contributed by atoms with van der Waals surface area (Å²) in [4.78, 5) is 15.8. The zero-order chi connectivity index (χ0) is 15.4. The summed E-state index contributed by atoms with van der Waals surface area (Å²) < 4.78 is 5.31. The average Bonchev–Trinajstić information content (AvgIpc) is 2.94. The number of azo groups is 1. The molecule has 2 aromatic heterocycles. The zero-order valence-corrected chi connectivity index (χ0v) is 11.8. The number of H-pyrrole nitrogens is 2. The summed E-state index contributed by atoms with van der Waals surface area (Å²) in [5.41, 5.74) is 1.72. The average molecular weight is 295 g/mol. The quantitative estimate of drug-likeness (QED) is 0.723. The maximum Gasteiger partial charge on any atom is 0.292 e. The number of methoxy groups -OCH3 is 1. The summed E-state index contributed by atoms with van der Waals surface area (Å²) >= 11 is 0. The molecule has 0 aliphatic heterocycles. The maximum atomic E-state index is 11.9. The van der Waals surface area contributed by atoms with Crippen LogP contribution in [0.2, 0.25) is 0 Å². The molecule has 7 nitrogen and oxygen atoms in total. The van der Waals surface area contributed by atoms with Gasteiger partial charge in [0.2, 0.25) is 0 Å². The first-order valence-corrected chi connectivity index (χ1v) is 6.55. The van der Waals surface area contributed by atoms with E-state index in [-0.39, 0.29) is 11.2 Å². The number of benzene rings is 1. The minimum Gasteiger partial charge on any atom is -0.496 e. The number of aromatic nitrogens is 3. The minimum absolute atomic E-state index is 0.196. The van der Waals surface area contributed by atoms with E-state index < -0.39 is 0 Å². The van der Waals surface area contributed by atoms with Crippen LogP contribution in [-0.2, 0) is 0 Å². The second-order valence-electron chi connectivity index (χ2n) is 4.41. The highest BCUT2D eigenvalue weighted by Gasteiger charge is 2.15. The Balaban J connectivity index is 2.05. The molecule has 0 aliphatic carbocycles. The Kier molecular flexibility index (Phi) is 3.78. The van der Waals surface area contributed by atoms with Crippen molar-refractivity contribution in [1.29, 1.82) is 0 Å². The van der Waals surface area contributed by atoms with E-state index in [9.17, 15) is 4.79 Å². The monoisotopic (exact) mass is 295 g/mol. The number of hydrogen-bond donors (Lipinski definition) is 2. The van der Waals surface area contributed by atoms with Gasteiger partial charge in [-0.25, -0.2) is 0 Å². The number of aromatic amines is 2. The molecule has 3 aromatic rings. The van der Waals surface area contributed by atoms with Crippen LogP contribution in [0.3, 0.4) is 0 Å². The fraction of sp³-hybridized carbons (Fsp3) is 0.0667. The van der Waals surface area contributed by atoms with Crippen LogP contribution in [-0.4, -0.2) is 22.3 Å². The molecule has 2 N–H and O–H groups in total. The van der Waals surface area contributed by atoms with Crippen molar-refractivity contribution in [1.82, 2.24) is 15.2 Å². The van der Waals surface area contributed by atoms with E-state index in [2.05, 4.69) is 25.4 Å². The van der Waals surface area contributed by atoms with Gasteiger partial charge in [-0.1, -0.05) is 12.1 Å². The molecule has 22 heavy (non-hydrogen) atoms. The van der Waals surface area contributed by atoms with E-state index in [1.54, 1.807) is 31.6 Å². The van der Waals surface area contributed by atoms with Gasteiger partial charge < -0.3 is 4.74 Å². The SMILES string of the molecule is COc1ccccc1-c1[nH][nH]c(=O)c1N=Nc1ccncc1. The standard InChI is InChI=1S/C15H13N5O2/c1-22-12-5-3-2-4-11(12)13-14(15(21)20-18-13)19-17-10-6-8-16-9-7-10/h2-9H,1H3,(H2,18,20,21). The van der Waals surface area contributed by atoms with Gasteiger partial charge in [0.25, 0.3) is 5.56 Å². The molecule has 0 spiro atoms. The van der Waals surface area contributed by atoms with Gasteiger partial charge in [0.1, 0.15) is 5.75 Å². The number of nitrogens with zero attached hydrogens (tertiary/aromatic N) is 3. The lowest BCUT2D eigenvalue weighted by atomic mass is 10.1.